The molecule has 1 aromatic heterocycles. The molecule has 3 heterocycles. The van der Waals surface area contributed by atoms with Crippen LogP contribution in [0.25, 0.3) is 12.2 Å². The van der Waals surface area contributed by atoms with Crippen LogP contribution in [-0.4, -0.2) is 26.3 Å². The number of aromatic amines is 1. The van der Waals surface area contributed by atoms with Crippen molar-refractivity contribution in [1.29, 1.82) is 0 Å². The Balaban J connectivity index is 1.76. The predicted octanol–water partition coefficient (Wildman–Crippen LogP) is 2.26. The summed E-state index contributed by atoms with van der Waals surface area (Å²) >= 11 is 8.21. The van der Waals surface area contributed by atoms with E-state index in [1.165, 1.54) is 0 Å². The molecular formula is C18H14Co2N4. The molecule has 0 unspecified atom stereocenters. The number of nitrogens with zero attached hydrogens (tertiary/aromatic N) is 2. The molecule has 3 rings (SSSR count). The second kappa shape index (κ2) is 7.63. The summed E-state index contributed by atoms with van der Waals surface area (Å²) in [6.45, 7) is 0. The van der Waals surface area contributed by atoms with Crippen molar-refractivity contribution < 1.29 is 30.6 Å². The van der Waals surface area contributed by atoms with Crippen molar-refractivity contribution in [3.8, 4) is 0 Å². The van der Waals surface area contributed by atoms with E-state index in [-0.39, 0.29) is 0 Å². The minimum atomic E-state index is 0.589. The van der Waals surface area contributed by atoms with Gasteiger partial charge in [0.15, 0.2) is 0 Å². The SMILES string of the molecule is NC([CH]=[Co])=Cc1ccc(C=C2C=CC(C=C3C=CC([CH]=[Co])=N3)=N2)[nH]1. The van der Waals surface area contributed by atoms with Gasteiger partial charge in [-0.2, -0.15) is 0 Å². The van der Waals surface area contributed by atoms with Crippen molar-refractivity contribution in [2.45, 2.75) is 0 Å². The van der Waals surface area contributed by atoms with E-state index in [4.69, 9.17) is 5.73 Å². The molecule has 2 aliphatic heterocycles. The quantitative estimate of drug-likeness (QED) is 0.777. The molecule has 0 aromatic carbocycles. The van der Waals surface area contributed by atoms with Gasteiger partial charge in [0.1, 0.15) is 0 Å². The van der Waals surface area contributed by atoms with Crippen LogP contribution in [0.1, 0.15) is 11.4 Å². The van der Waals surface area contributed by atoms with Crippen LogP contribution in [0.2, 0.25) is 0 Å². The molecule has 0 radical (unpaired) electrons. The summed E-state index contributed by atoms with van der Waals surface area (Å²) < 4.78 is 0. The molecule has 124 valence electrons. The zero-order chi connectivity index (χ0) is 16.9. The van der Waals surface area contributed by atoms with E-state index in [9.17, 15) is 0 Å². The molecule has 0 saturated heterocycles. The van der Waals surface area contributed by atoms with Crippen LogP contribution in [0.3, 0.4) is 0 Å². The molecule has 0 spiro atoms. The van der Waals surface area contributed by atoms with E-state index in [1.807, 2.05) is 54.7 Å². The van der Waals surface area contributed by atoms with Gasteiger partial charge in [-0.3, -0.25) is 0 Å². The van der Waals surface area contributed by atoms with Crippen molar-refractivity contribution in [1.82, 2.24) is 4.98 Å². The third-order valence-corrected chi connectivity index (χ3v) is 3.88. The van der Waals surface area contributed by atoms with Gasteiger partial charge < -0.3 is 0 Å². The van der Waals surface area contributed by atoms with Crippen molar-refractivity contribution >= 4 is 33.5 Å². The van der Waals surface area contributed by atoms with Crippen LogP contribution in [0.4, 0.5) is 0 Å². The van der Waals surface area contributed by atoms with Crippen molar-refractivity contribution in [3.63, 3.8) is 0 Å². The van der Waals surface area contributed by atoms with Gasteiger partial charge in [-0.1, -0.05) is 0 Å². The predicted molar refractivity (Wildman–Crippen MR) is 94.3 cm³/mol. The molecular weight excluding hydrogens is 390 g/mol. The Morgan fingerprint density at radius 2 is 1.58 bits per heavy atom. The fraction of sp³-hybridized carbons (Fsp3) is 0. The second-order valence-corrected chi connectivity index (χ2v) is 5.69. The zero-order valence-electron chi connectivity index (χ0n) is 12.5. The summed E-state index contributed by atoms with van der Waals surface area (Å²) in [6, 6.07) is 3.93. The molecule has 6 heteroatoms. The second-order valence-electron chi connectivity index (χ2n) is 5.08. The minimum absolute atomic E-state index is 0.589. The summed E-state index contributed by atoms with van der Waals surface area (Å²) in [7, 11) is 0. The average molecular weight is 404 g/mol. The van der Waals surface area contributed by atoms with Crippen LogP contribution in [0.15, 0.2) is 69.6 Å². The summed E-state index contributed by atoms with van der Waals surface area (Å²) in [6.07, 6.45) is 13.5. The van der Waals surface area contributed by atoms with E-state index in [1.54, 1.807) is 9.91 Å². The summed E-state index contributed by atoms with van der Waals surface area (Å²) in [5.74, 6) is 0. The fourth-order valence-electron chi connectivity index (χ4n) is 2.20. The van der Waals surface area contributed by atoms with Crippen LogP contribution in [0.5, 0.6) is 0 Å². The van der Waals surface area contributed by atoms with E-state index >= 15 is 0 Å². The van der Waals surface area contributed by atoms with Crippen LogP contribution in [0, 0.1) is 0 Å². The maximum atomic E-state index is 5.72. The van der Waals surface area contributed by atoms with Gasteiger partial charge in [0.05, 0.1) is 0 Å². The Morgan fingerprint density at radius 1 is 0.917 bits per heavy atom. The molecule has 0 fully saturated rings. The Labute approximate surface area is 155 Å². The molecule has 0 atom stereocenters. The first kappa shape index (κ1) is 16.7. The van der Waals surface area contributed by atoms with E-state index in [0.717, 1.165) is 34.2 Å². The van der Waals surface area contributed by atoms with Gasteiger partial charge in [0, 0.05) is 0 Å². The number of H-pyrrole nitrogens is 1. The van der Waals surface area contributed by atoms with Gasteiger partial charge >= 0.3 is 156 Å². The van der Waals surface area contributed by atoms with Gasteiger partial charge in [-0.15, -0.1) is 0 Å². The number of hydrogen-bond donors (Lipinski definition) is 2. The number of allylic oxidation sites excluding steroid dienone is 6. The topological polar surface area (TPSA) is 66.5 Å². The van der Waals surface area contributed by atoms with Crippen molar-refractivity contribution in [2.24, 2.45) is 15.7 Å². The molecule has 0 amide bonds. The van der Waals surface area contributed by atoms with Crippen molar-refractivity contribution in [2.75, 3.05) is 0 Å². The molecule has 1 aromatic rings. The maximum absolute atomic E-state index is 5.72. The number of hydrogen-bond acceptors (Lipinski definition) is 3. The third kappa shape index (κ3) is 4.24. The van der Waals surface area contributed by atoms with Gasteiger partial charge in [0.25, 0.3) is 0 Å². The van der Waals surface area contributed by atoms with Gasteiger partial charge in [0.2, 0.25) is 0 Å². The number of nitrogens with one attached hydrogen (secondary N) is 1. The standard InChI is InChI=1S/C18H14N4.2Co/c1-12(19)9-14-5-6-17(21-14)11-18-8-7-16(22-18)10-15-4-3-13(2)20-15;;/h1-11,21H,19H2;;. The first-order valence-corrected chi connectivity index (χ1v) is 8.31. The van der Waals surface area contributed by atoms with Gasteiger partial charge in [-0.25, -0.2) is 0 Å². The first-order valence-electron chi connectivity index (χ1n) is 7.11. The number of nitrogens with two attached hydrogens (primary N) is 1. The Kier molecular flexibility index (Phi) is 5.31. The zero-order valence-corrected chi connectivity index (χ0v) is 14.6. The van der Waals surface area contributed by atoms with Gasteiger partial charge in [-0.05, 0) is 0 Å². The van der Waals surface area contributed by atoms with E-state index in [0.29, 0.717) is 5.70 Å². The summed E-state index contributed by atoms with van der Waals surface area (Å²) in [5, 5.41) is 0. The summed E-state index contributed by atoms with van der Waals surface area (Å²) in [5.41, 5.74) is 11.6. The third-order valence-electron chi connectivity index (χ3n) is 3.23. The average Bonchev–Trinajstić information content (AvgIpc) is 3.30. The Bertz CT molecular complexity index is 905. The molecule has 0 aliphatic carbocycles. The van der Waals surface area contributed by atoms with E-state index < -0.39 is 0 Å². The summed E-state index contributed by atoms with van der Waals surface area (Å²) in [4.78, 5) is 15.4. The fourth-order valence-corrected chi connectivity index (χ4v) is 2.45. The van der Waals surface area contributed by atoms with Crippen LogP contribution in [-0.2, 0) is 30.6 Å². The number of rotatable bonds is 5. The number of aromatic nitrogens is 1. The molecule has 4 nitrogen and oxygen atoms in total. The first-order chi connectivity index (χ1) is 11.7. The monoisotopic (exact) mass is 404 g/mol. The van der Waals surface area contributed by atoms with Crippen LogP contribution >= 0.6 is 0 Å². The normalized spacial score (nSPS) is 20.0. The molecule has 0 saturated carbocycles. The Morgan fingerprint density at radius 3 is 2.29 bits per heavy atom. The molecule has 24 heavy (non-hydrogen) atoms. The Hall–Kier alpha value is -2.13. The van der Waals surface area contributed by atoms with E-state index in [2.05, 4.69) is 45.6 Å². The van der Waals surface area contributed by atoms with Crippen LogP contribution < -0.4 is 5.73 Å². The van der Waals surface area contributed by atoms with Crippen molar-refractivity contribution in [3.05, 3.63) is 71.0 Å². The molecule has 3 N–H and O–H groups in total. The molecule has 2 aliphatic rings. The number of aliphatic imine (C=N–C) groups is 2. The molecule has 0 bridgehead atoms.